The lowest BCUT2D eigenvalue weighted by atomic mass is 9.72. The van der Waals surface area contributed by atoms with Gasteiger partial charge in [0.2, 0.25) is 5.43 Å². The Morgan fingerprint density at radius 3 is 2.59 bits per heavy atom. The maximum Gasteiger partial charge on any atom is 0.274 e. The number of likely N-dealkylation sites (N-methyl/N-ethyl adjacent to an activating group) is 1. The molecule has 1 aliphatic heterocycles. The van der Waals surface area contributed by atoms with Crippen molar-refractivity contribution in [2.24, 2.45) is 0 Å². The molecule has 1 aliphatic carbocycles. The van der Waals surface area contributed by atoms with Crippen molar-refractivity contribution in [3.05, 3.63) is 99.0 Å². The Bertz CT molecular complexity index is 1430. The third-order valence-electron chi connectivity index (χ3n) is 7.02. The Morgan fingerprint density at radius 1 is 1.16 bits per heavy atom. The Balaban J connectivity index is 1.40. The molecule has 0 saturated heterocycles. The molecule has 0 bridgehead atoms. The van der Waals surface area contributed by atoms with Gasteiger partial charge in [-0.3, -0.25) is 14.4 Å². The van der Waals surface area contributed by atoms with Crippen LogP contribution in [0.1, 0.15) is 44.8 Å². The third kappa shape index (κ3) is 4.48. The van der Waals surface area contributed by atoms with Crippen LogP contribution in [0.15, 0.2) is 59.5 Å². The number of aromatic hydroxyl groups is 1. The second-order valence-corrected chi connectivity index (χ2v) is 9.57. The number of nitrogens with zero attached hydrogens (tertiary/aromatic N) is 2. The van der Waals surface area contributed by atoms with Gasteiger partial charge in [-0.1, -0.05) is 36.4 Å². The summed E-state index contributed by atoms with van der Waals surface area (Å²) in [5.41, 5.74) is -1.17. The summed E-state index contributed by atoms with van der Waals surface area (Å²) in [5, 5.41) is 13.1. The second-order valence-electron chi connectivity index (χ2n) is 9.57. The van der Waals surface area contributed by atoms with Crippen LogP contribution >= 0.6 is 0 Å². The minimum Gasteiger partial charge on any atom is -0.503 e. The first kappa shape index (κ1) is 24.6. The molecule has 1 fully saturated rings. The summed E-state index contributed by atoms with van der Waals surface area (Å²) in [5.74, 6) is -3.79. The zero-order valence-corrected chi connectivity index (χ0v) is 20.0. The zero-order chi connectivity index (χ0) is 26.3. The minimum atomic E-state index is -1.00. The number of rotatable bonds is 6. The van der Waals surface area contributed by atoms with Crippen molar-refractivity contribution in [1.29, 1.82) is 0 Å². The number of fused-ring (bicyclic) bond motifs is 2. The lowest BCUT2D eigenvalue weighted by Gasteiger charge is -2.53. The molecule has 8 nitrogen and oxygen atoms in total. The van der Waals surface area contributed by atoms with Crippen molar-refractivity contribution < 1.29 is 28.2 Å². The van der Waals surface area contributed by atoms with Crippen LogP contribution in [0.4, 0.5) is 8.78 Å². The maximum absolute atomic E-state index is 14.0. The van der Waals surface area contributed by atoms with Crippen molar-refractivity contribution in [2.75, 3.05) is 13.6 Å². The lowest BCUT2D eigenvalue weighted by Crippen LogP contribution is -2.61. The van der Waals surface area contributed by atoms with Gasteiger partial charge in [0.1, 0.15) is 17.2 Å². The van der Waals surface area contributed by atoms with E-state index in [1.807, 2.05) is 30.3 Å². The Kier molecular flexibility index (Phi) is 6.28. The van der Waals surface area contributed by atoms with Crippen LogP contribution in [0, 0.1) is 11.6 Å². The van der Waals surface area contributed by atoms with Gasteiger partial charge in [-0.2, -0.15) is 0 Å². The number of aromatic nitrogens is 1. The molecule has 37 heavy (non-hydrogen) atoms. The van der Waals surface area contributed by atoms with Crippen LogP contribution in [0.25, 0.3) is 0 Å². The predicted octanol–water partition coefficient (Wildman–Crippen LogP) is 2.92. The highest BCUT2D eigenvalue weighted by atomic mass is 19.1. The van der Waals surface area contributed by atoms with E-state index in [1.54, 1.807) is 7.05 Å². The Hall–Kier alpha value is -4.05. The number of pyridine rings is 1. The molecule has 192 valence electrons. The molecule has 0 atom stereocenters. The van der Waals surface area contributed by atoms with Crippen LogP contribution in [0.3, 0.4) is 0 Å². The van der Waals surface area contributed by atoms with Gasteiger partial charge in [0.05, 0.1) is 18.2 Å². The molecule has 2 amide bonds. The van der Waals surface area contributed by atoms with Crippen LogP contribution in [0.2, 0.25) is 0 Å². The van der Waals surface area contributed by atoms with Crippen LogP contribution in [-0.4, -0.2) is 46.1 Å². The summed E-state index contributed by atoms with van der Waals surface area (Å²) in [6, 6.07) is 12.6. The van der Waals surface area contributed by atoms with E-state index in [2.05, 4.69) is 5.32 Å². The number of hydrogen-bond donors (Lipinski definition) is 2. The van der Waals surface area contributed by atoms with Gasteiger partial charge in [0.25, 0.3) is 11.8 Å². The standard InChI is InChI=1S/C27H25F2N3O5/c1-31-15-27(10-19(11-27)37-14-16-5-3-2-4-6-16)32-13-20(23(33)24(34)22(32)26(31)36)25(35)30-12-17-7-8-18(28)9-21(17)29/h2-9,13,19,34H,10-12,14-15H2,1H3,(H,30,35)/t19-,27-. The molecule has 0 unspecified atom stereocenters. The van der Waals surface area contributed by atoms with E-state index < -0.39 is 40.2 Å². The molecule has 2 heterocycles. The fourth-order valence-corrected chi connectivity index (χ4v) is 5.07. The van der Waals surface area contributed by atoms with E-state index in [0.29, 0.717) is 32.1 Å². The first-order valence-corrected chi connectivity index (χ1v) is 11.8. The van der Waals surface area contributed by atoms with Crippen molar-refractivity contribution >= 4 is 11.8 Å². The molecule has 2 aromatic carbocycles. The van der Waals surface area contributed by atoms with E-state index in [9.17, 15) is 28.3 Å². The quantitative estimate of drug-likeness (QED) is 0.532. The van der Waals surface area contributed by atoms with Crippen LogP contribution in [-0.2, 0) is 23.4 Å². The minimum absolute atomic E-state index is 0.0303. The number of carbonyl (C=O) groups is 2. The van der Waals surface area contributed by atoms with Crippen LogP contribution in [0.5, 0.6) is 5.75 Å². The number of nitrogens with one attached hydrogen (secondary N) is 1. The van der Waals surface area contributed by atoms with Gasteiger partial charge in [0, 0.05) is 38.0 Å². The van der Waals surface area contributed by atoms with Crippen molar-refractivity contribution in [3.8, 4) is 5.75 Å². The average Bonchev–Trinajstić information content (AvgIpc) is 2.85. The SMILES string of the molecule is CN1C[C@]2(C[C@@H](OCc3ccccc3)C2)n2cc(C(=O)NCc3ccc(F)cc3F)c(=O)c(O)c2C1=O. The van der Waals surface area contributed by atoms with E-state index in [-0.39, 0.29) is 29.5 Å². The number of carbonyl (C=O) groups excluding carboxylic acids is 2. The predicted molar refractivity (Wildman–Crippen MR) is 129 cm³/mol. The smallest absolute Gasteiger partial charge is 0.274 e. The first-order chi connectivity index (χ1) is 17.7. The van der Waals surface area contributed by atoms with Crippen molar-refractivity contribution in [3.63, 3.8) is 0 Å². The van der Waals surface area contributed by atoms with Gasteiger partial charge in [0.15, 0.2) is 11.4 Å². The summed E-state index contributed by atoms with van der Waals surface area (Å²) >= 11 is 0. The number of halogens is 2. The summed E-state index contributed by atoms with van der Waals surface area (Å²) in [6.45, 7) is 0.440. The molecule has 0 radical (unpaired) electrons. The monoisotopic (exact) mass is 509 g/mol. The van der Waals surface area contributed by atoms with Crippen LogP contribution < -0.4 is 10.7 Å². The molecule has 3 aromatic rings. The highest BCUT2D eigenvalue weighted by Crippen LogP contribution is 2.46. The zero-order valence-electron chi connectivity index (χ0n) is 20.0. The van der Waals surface area contributed by atoms with E-state index in [1.165, 1.54) is 21.7 Å². The highest BCUT2D eigenvalue weighted by Gasteiger charge is 2.52. The second kappa shape index (κ2) is 9.44. The number of hydrogen-bond acceptors (Lipinski definition) is 5. The topological polar surface area (TPSA) is 101 Å². The van der Waals surface area contributed by atoms with E-state index in [0.717, 1.165) is 11.6 Å². The molecule has 10 heteroatoms. The average molecular weight is 510 g/mol. The Labute approximate surface area is 211 Å². The summed E-state index contributed by atoms with van der Waals surface area (Å²) in [7, 11) is 1.59. The number of benzene rings is 2. The lowest BCUT2D eigenvalue weighted by molar-refractivity contribution is -0.0929. The summed E-state index contributed by atoms with van der Waals surface area (Å²) in [6.07, 6.45) is 2.19. The number of amides is 2. The summed E-state index contributed by atoms with van der Waals surface area (Å²) < 4.78 is 34.7. The molecular weight excluding hydrogens is 484 g/mol. The molecule has 5 rings (SSSR count). The molecule has 1 aromatic heterocycles. The molecule has 2 N–H and O–H groups in total. The van der Waals surface area contributed by atoms with E-state index >= 15 is 0 Å². The highest BCUT2D eigenvalue weighted by molar-refractivity contribution is 5.99. The largest absolute Gasteiger partial charge is 0.503 e. The fourth-order valence-electron chi connectivity index (χ4n) is 5.07. The molecule has 1 spiro atoms. The molecular formula is C27H25F2N3O5. The van der Waals surface area contributed by atoms with Gasteiger partial charge in [-0.05, 0) is 24.5 Å². The molecule has 1 saturated carbocycles. The van der Waals surface area contributed by atoms with Gasteiger partial charge in [-0.25, -0.2) is 8.78 Å². The van der Waals surface area contributed by atoms with Crippen molar-refractivity contribution in [1.82, 2.24) is 14.8 Å². The first-order valence-electron chi connectivity index (χ1n) is 11.8. The van der Waals surface area contributed by atoms with Gasteiger partial charge in [-0.15, -0.1) is 0 Å². The maximum atomic E-state index is 14.0. The van der Waals surface area contributed by atoms with E-state index in [4.69, 9.17) is 4.74 Å². The fraction of sp³-hybridized carbons (Fsp3) is 0.296. The summed E-state index contributed by atoms with van der Waals surface area (Å²) in [4.78, 5) is 40.1. The van der Waals surface area contributed by atoms with Crippen molar-refractivity contribution in [2.45, 2.75) is 37.6 Å². The normalized spacial score (nSPS) is 20.5. The van der Waals surface area contributed by atoms with Gasteiger partial charge >= 0.3 is 0 Å². The Morgan fingerprint density at radius 2 is 1.89 bits per heavy atom. The van der Waals surface area contributed by atoms with Gasteiger partial charge < -0.3 is 24.6 Å². The molecule has 2 aliphatic rings. The number of ether oxygens (including phenoxy) is 1. The third-order valence-corrected chi connectivity index (χ3v) is 7.02.